The van der Waals surface area contributed by atoms with Crippen molar-refractivity contribution in [3.8, 4) is 11.5 Å². The number of hydrazone groups is 1. The van der Waals surface area contributed by atoms with Crippen LogP contribution in [-0.4, -0.2) is 84.0 Å². The maximum absolute atomic E-state index is 9.81. The molecular weight excluding hydrogens is 458 g/mol. The summed E-state index contributed by atoms with van der Waals surface area (Å²) in [4.78, 5) is 17.7. The standard InChI is InChI=1S/C18H22BrN7O4/c19-15-12(9-13(27)10-14(15)28)11-20-24-16-21-17(25-1-5-29-6-2-25)23-18(22-16)26-3-7-30-8-4-26/h9-11,27-28H,1-8H2,(H,21,22,23,24)/b20-11-. The molecule has 0 atom stereocenters. The number of phenolic OH excluding ortho intramolecular Hbond substituents is 2. The lowest BCUT2D eigenvalue weighted by Crippen LogP contribution is -2.40. The van der Waals surface area contributed by atoms with Gasteiger partial charge in [0, 0.05) is 37.8 Å². The summed E-state index contributed by atoms with van der Waals surface area (Å²) in [5, 5.41) is 23.6. The summed E-state index contributed by atoms with van der Waals surface area (Å²) in [6.07, 6.45) is 1.45. The largest absolute Gasteiger partial charge is 0.508 e. The van der Waals surface area contributed by atoms with Crippen molar-refractivity contribution in [2.75, 3.05) is 67.8 Å². The van der Waals surface area contributed by atoms with Crippen molar-refractivity contribution in [1.82, 2.24) is 15.0 Å². The minimum atomic E-state index is -0.0826. The van der Waals surface area contributed by atoms with Gasteiger partial charge in [-0.05, 0) is 22.0 Å². The zero-order valence-corrected chi connectivity index (χ0v) is 17.7. The molecule has 2 aliphatic heterocycles. The van der Waals surface area contributed by atoms with Gasteiger partial charge in [0.25, 0.3) is 0 Å². The van der Waals surface area contributed by atoms with Crippen molar-refractivity contribution in [1.29, 1.82) is 0 Å². The third-order valence-electron chi connectivity index (χ3n) is 4.63. The minimum absolute atomic E-state index is 0.0680. The summed E-state index contributed by atoms with van der Waals surface area (Å²) in [5.41, 5.74) is 3.32. The molecule has 1 aromatic carbocycles. The Bertz CT molecular complexity index is 881. The lowest BCUT2D eigenvalue weighted by molar-refractivity contribution is 0.121. The number of nitrogens with one attached hydrogen (secondary N) is 1. The van der Waals surface area contributed by atoms with E-state index in [1.165, 1.54) is 18.3 Å². The van der Waals surface area contributed by atoms with Crippen LogP contribution in [0.15, 0.2) is 21.7 Å². The van der Waals surface area contributed by atoms with E-state index in [2.05, 4.69) is 41.4 Å². The molecule has 0 radical (unpaired) electrons. The van der Waals surface area contributed by atoms with Crippen molar-refractivity contribution in [3.05, 3.63) is 22.2 Å². The Morgan fingerprint density at radius 1 is 0.933 bits per heavy atom. The summed E-state index contributed by atoms with van der Waals surface area (Å²) in [7, 11) is 0. The van der Waals surface area contributed by atoms with Gasteiger partial charge in [0.15, 0.2) is 0 Å². The first-order chi connectivity index (χ1) is 14.6. The van der Waals surface area contributed by atoms with Gasteiger partial charge in [-0.1, -0.05) is 0 Å². The van der Waals surface area contributed by atoms with Crippen molar-refractivity contribution < 1.29 is 19.7 Å². The Kier molecular flexibility index (Phi) is 6.45. The Balaban J connectivity index is 1.58. The highest BCUT2D eigenvalue weighted by molar-refractivity contribution is 9.10. The molecule has 0 saturated carbocycles. The lowest BCUT2D eigenvalue weighted by atomic mass is 10.2. The summed E-state index contributed by atoms with van der Waals surface area (Å²) in [6.45, 7) is 5.27. The van der Waals surface area contributed by atoms with Gasteiger partial charge in [-0.15, -0.1) is 0 Å². The third-order valence-corrected chi connectivity index (χ3v) is 5.50. The van der Waals surface area contributed by atoms with Gasteiger partial charge in [-0.3, -0.25) is 0 Å². The molecule has 11 nitrogen and oxygen atoms in total. The van der Waals surface area contributed by atoms with Crippen LogP contribution in [0.2, 0.25) is 0 Å². The fourth-order valence-electron chi connectivity index (χ4n) is 3.08. The normalized spacial score (nSPS) is 17.5. The molecule has 12 heteroatoms. The Labute approximate surface area is 181 Å². The first kappa shape index (κ1) is 20.6. The number of hydrogen-bond acceptors (Lipinski definition) is 11. The van der Waals surface area contributed by atoms with E-state index >= 15 is 0 Å². The van der Waals surface area contributed by atoms with Gasteiger partial charge in [0.1, 0.15) is 11.5 Å². The average Bonchev–Trinajstić information content (AvgIpc) is 2.78. The first-order valence-corrected chi connectivity index (χ1v) is 10.3. The van der Waals surface area contributed by atoms with Gasteiger partial charge >= 0.3 is 0 Å². The Morgan fingerprint density at radius 2 is 1.50 bits per heavy atom. The number of halogens is 1. The number of benzene rings is 1. The second-order valence-electron chi connectivity index (χ2n) is 6.70. The van der Waals surface area contributed by atoms with Gasteiger partial charge in [-0.2, -0.15) is 20.1 Å². The molecule has 2 saturated heterocycles. The number of aromatic hydroxyl groups is 2. The summed E-state index contributed by atoms with van der Waals surface area (Å²) < 4.78 is 11.3. The molecule has 0 aliphatic carbocycles. The van der Waals surface area contributed by atoms with Crippen molar-refractivity contribution >= 4 is 40.0 Å². The van der Waals surface area contributed by atoms with E-state index < -0.39 is 0 Å². The van der Waals surface area contributed by atoms with Crippen molar-refractivity contribution in [2.45, 2.75) is 0 Å². The molecule has 4 rings (SSSR count). The predicted octanol–water partition coefficient (Wildman–Crippen LogP) is 1.16. The second-order valence-corrected chi connectivity index (χ2v) is 7.49. The molecule has 160 valence electrons. The van der Waals surface area contributed by atoms with Crippen LogP contribution in [0.3, 0.4) is 0 Å². The number of morpholine rings is 2. The van der Waals surface area contributed by atoms with Crippen LogP contribution in [0.1, 0.15) is 5.56 Å². The maximum Gasteiger partial charge on any atom is 0.250 e. The molecule has 1 aromatic heterocycles. The van der Waals surface area contributed by atoms with E-state index in [0.29, 0.717) is 80.5 Å². The molecule has 3 heterocycles. The maximum atomic E-state index is 9.81. The fourth-order valence-corrected chi connectivity index (χ4v) is 3.41. The number of hydrogen-bond donors (Lipinski definition) is 3. The zero-order chi connectivity index (χ0) is 20.9. The summed E-state index contributed by atoms with van der Waals surface area (Å²) in [6, 6.07) is 2.71. The monoisotopic (exact) mass is 479 g/mol. The minimum Gasteiger partial charge on any atom is -0.508 e. The number of aromatic nitrogens is 3. The van der Waals surface area contributed by atoms with Gasteiger partial charge < -0.3 is 29.5 Å². The van der Waals surface area contributed by atoms with Crippen LogP contribution in [0.5, 0.6) is 11.5 Å². The SMILES string of the molecule is Oc1cc(O)c(Br)c(/C=N\Nc2nc(N3CCOCC3)nc(N3CCOCC3)n2)c1. The van der Waals surface area contributed by atoms with Gasteiger partial charge in [-0.25, -0.2) is 5.43 Å². The zero-order valence-electron chi connectivity index (χ0n) is 16.2. The van der Waals surface area contributed by atoms with Crippen LogP contribution in [0.25, 0.3) is 0 Å². The van der Waals surface area contributed by atoms with Gasteiger partial charge in [0.05, 0.1) is 37.1 Å². The highest BCUT2D eigenvalue weighted by Crippen LogP contribution is 2.31. The molecule has 0 amide bonds. The molecule has 2 aliphatic rings. The molecule has 3 N–H and O–H groups in total. The van der Waals surface area contributed by atoms with E-state index in [-0.39, 0.29) is 11.5 Å². The topological polar surface area (TPSA) is 128 Å². The number of anilines is 3. The third kappa shape index (κ3) is 4.89. The van der Waals surface area contributed by atoms with Crippen LogP contribution in [0, 0.1) is 0 Å². The van der Waals surface area contributed by atoms with E-state index in [4.69, 9.17) is 9.47 Å². The average molecular weight is 480 g/mol. The summed E-state index contributed by atoms with van der Waals surface area (Å²) >= 11 is 3.27. The van der Waals surface area contributed by atoms with Crippen LogP contribution < -0.4 is 15.2 Å². The first-order valence-electron chi connectivity index (χ1n) is 9.52. The van der Waals surface area contributed by atoms with E-state index in [1.54, 1.807) is 0 Å². The molecule has 30 heavy (non-hydrogen) atoms. The number of rotatable bonds is 5. The number of nitrogens with zero attached hydrogens (tertiary/aromatic N) is 6. The molecule has 0 spiro atoms. The fraction of sp³-hybridized carbons (Fsp3) is 0.444. The highest BCUT2D eigenvalue weighted by Gasteiger charge is 2.20. The van der Waals surface area contributed by atoms with Crippen LogP contribution in [0.4, 0.5) is 17.8 Å². The molecule has 0 unspecified atom stereocenters. The smallest absolute Gasteiger partial charge is 0.250 e. The molecule has 0 bridgehead atoms. The Hall–Kier alpha value is -2.70. The van der Waals surface area contributed by atoms with E-state index in [9.17, 15) is 10.2 Å². The second kappa shape index (κ2) is 9.41. The summed E-state index contributed by atoms with van der Waals surface area (Å²) in [5.74, 6) is 1.26. The van der Waals surface area contributed by atoms with Crippen molar-refractivity contribution in [2.24, 2.45) is 5.10 Å². The lowest BCUT2D eigenvalue weighted by Gasteiger charge is -2.30. The highest BCUT2D eigenvalue weighted by atomic mass is 79.9. The number of phenols is 2. The van der Waals surface area contributed by atoms with Gasteiger partial charge in [0.2, 0.25) is 17.8 Å². The molecular formula is C18H22BrN7O4. The molecule has 2 aromatic rings. The van der Waals surface area contributed by atoms with Crippen molar-refractivity contribution in [3.63, 3.8) is 0 Å². The predicted molar refractivity (Wildman–Crippen MR) is 115 cm³/mol. The van der Waals surface area contributed by atoms with Crippen LogP contribution in [-0.2, 0) is 9.47 Å². The molecule has 2 fully saturated rings. The Morgan fingerprint density at radius 3 is 2.07 bits per heavy atom. The van der Waals surface area contributed by atoms with E-state index in [0.717, 1.165) is 0 Å². The quantitative estimate of drug-likeness (QED) is 0.424. The van der Waals surface area contributed by atoms with E-state index in [1.807, 2.05) is 9.80 Å². The van der Waals surface area contributed by atoms with Crippen LogP contribution >= 0.6 is 15.9 Å². The number of ether oxygens (including phenoxy) is 2.